The van der Waals surface area contributed by atoms with Crippen molar-refractivity contribution < 1.29 is 9.21 Å². The highest BCUT2D eigenvalue weighted by atomic mass is 16.3. The van der Waals surface area contributed by atoms with Crippen molar-refractivity contribution in [3.05, 3.63) is 78.7 Å². The summed E-state index contributed by atoms with van der Waals surface area (Å²) in [4.78, 5) is 34.0. The third-order valence-electron chi connectivity index (χ3n) is 6.16. The van der Waals surface area contributed by atoms with E-state index >= 15 is 0 Å². The van der Waals surface area contributed by atoms with E-state index in [9.17, 15) is 4.79 Å². The Morgan fingerprint density at radius 2 is 1.92 bits per heavy atom. The van der Waals surface area contributed by atoms with Crippen LogP contribution in [0.5, 0.6) is 0 Å². The number of aromatic amines is 1. The monoisotopic (exact) mass is 506 g/mol. The van der Waals surface area contributed by atoms with Gasteiger partial charge in [0.1, 0.15) is 11.2 Å². The summed E-state index contributed by atoms with van der Waals surface area (Å²) in [5.41, 5.74) is 11.0. The molecule has 10 heteroatoms. The van der Waals surface area contributed by atoms with E-state index in [-0.39, 0.29) is 11.3 Å². The molecule has 6 rings (SSSR count). The van der Waals surface area contributed by atoms with E-state index < -0.39 is 0 Å². The molecule has 5 aromatic rings. The minimum Gasteiger partial charge on any atom is -0.472 e. The summed E-state index contributed by atoms with van der Waals surface area (Å²) in [5.74, 6) is 0.564. The third-order valence-corrected chi connectivity index (χ3v) is 6.16. The molecule has 10 nitrogen and oxygen atoms in total. The van der Waals surface area contributed by atoms with Crippen molar-refractivity contribution >= 4 is 28.3 Å². The highest BCUT2D eigenvalue weighted by molar-refractivity contribution is 6.13. The Kier molecular flexibility index (Phi) is 5.71. The lowest BCUT2D eigenvalue weighted by Crippen LogP contribution is -2.22. The first kappa shape index (κ1) is 23.5. The van der Waals surface area contributed by atoms with Gasteiger partial charge in [-0.2, -0.15) is 5.10 Å². The van der Waals surface area contributed by atoms with Crippen molar-refractivity contribution in [3.8, 4) is 22.4 Å². The number of amides is 1. The van der Waals surface area contributed by atoms with Gasteiger partial charge in [-0.15, -0.1) is 0 Å². The van der Waals surface area contributed by atoms with Gasteiger partial charge >= 0.3 is 0 Å². The van der Waals surface area contributed by atoms with E-state index in [4.69, 9.17) is 9.40 Å². The molecule has 0 bridgehead atoms. The van der Waals surface area contributed by atoms with Crippen LogP contribution >= 0.6 is 0 Å². The topological polar surface area (TPSA) is 134 Å². The maximum atomic E-state index is 12.4. The van der Waals surface area contributed by atoms with Gasteiger partial charge in [-0.1, -0.05) is 20.8 Å². The second kappa shape index (κ2) is 9.22. The summed E-state index contributed by atoms with van der Waals surface area (Å²) in [6, 6.07) is 5.74. The summed E-state index contributed by atoms with van der Waals surface area (Å²) >= 11 is 0. The van der Waals surface area contributed by atoms with Crippen molar-refractivity contribution in [3.63, 3.8) is 0 Å². The van der Waals surface area contributed by atoms with E-state index in [1.807, 2.05) is 45.2 Å². The Hall–Kier alpha value is -4.86. The number of aromatic nitrogens is 5. The predicted octanol–water partition coefficient (Wildman–Crippen LogP) is 4.91. The van der Waals surface area contributed by atoms with Crippen LogP contribution in [-0.2, 0) is 11.3 Å². The smallest absolute Gasteiger partial charge is 0.224 e. The molecule has 3 N–H and O–H groups in total. The number of pyridine rings is 3. The Labute approximate surface area is 218 Å². The molecule has 190 valence electrons. The van der Waals surface area contributed by atoms with Crippen LogP contribution in [0.3, 0.4) is 0 Å². The van der Waals surface area contributed by atoms with Crippen LogP contribution < -0.4 is 10.7 Å². The molecule has 5 aromatic heterocycles. The maximum Gasteiger partial charge on any atom is 0.224 e. The van der Waals surface area contributed by atoms with Gasteiger partial charge in [0.05, 0.1) is 48.4 Å². The van der Waals surface area contributed by atoms with Gasteiger partial charge in [-0.3, -0.25) is 19.7 Å². The first-order chi connectivity index (χ1) is 18.3. The van der Waals surface area contributed by atoms with Crippen molar-refractivity contribution in [2.24, 2.45) is 10.5 Å². The Balaban J connectivity index is 1.34. The number of imidazole rings is 1. The van der Waals surface area contributed by atoms with Crippen LogP contribution in [0.4, 0.5) is 5.69 Å². The Morgan fingerprint density at radius 3 is 2.74 bits per heavy atom. The van der Waals surface area contributed by atoms with Crippen molar-refractivity contribution in [1.29, 1.82) is 0 Å². The number of hydrogen-bond acceptors (Lipinski definition) is 8. The number of rotatable bonds is 5. The number of nitrogens with one attached hydrogen (secondary N) is 3. The fraction of sp³-hybridized carbons (Fsp3) is 0.214. The molecule has 0 saturated heterocycles. The largest absolute Gasteiger partial charge is 0.472 e. The lowest BCUT2D eigenvalue weighted by molar-refractivity contribution is -0.117. The average molecular weight is 507 g/mol. The van der Waals surface area contributed by atoms with Crippen molar-refractivity contribution in [2.75, 3.05) is 5.32 Å². The highest BCUT2D eigenvalue weighted by Crippen LogP contribution is 2.29. The number of nitrogens with zero attached hydrogens (tertiary/aromatic N) is 5. The lowest BCUT2D eigenvalue weighted by Gasteiger charge is -2.18. The molecule has 38 heavy (non-hydrogen) atoms. The molecule has 1 amide bonds. The van der Waals surface area contributed by atoms with E-state index in [2.05, 4.69) is 35.8 Å². The quantitative estimate of drug-likeness (QED) is 0.308. The second-order valence-corrected chi connectivity index (χ2v) is 10.5. The molecule has 1 aliphatic heterocycles. The molecule has 0 fully saturated rings. The Bertz CT molecular complexity index is 1680. The van der Waals surface area contributed by atoms with Crippen molar-refractivity contribution in [2.45, 2.75) is 33.7 Å². The number of fused-ring (bicyclic) bond motifs is 2. The van der Waals surface area contributed by atoms with Crippen LogP contribution in [0.25, 0.3) is 33.4 Å². The summed E-state index contributed by atoms with van der Waals surface area (Å²) < 4.78 is 5.26. The normalized spacial score (nSPS) is 13.1. The fourth-order valence-corrected chi connectivity index (χ4v) is 4.46. The summed E-state index contributed by atoms with van der Waals surface area (Å²) in [7, 11) is 0. The van der Waals surface area contributed by atoms with Crippen molar-refractivity contribution in [1.82, 2.24) is 30.3 Å². The fourth-order valence-electron chi connectivity index (χ4n) is 4.46. The van der Waals surface area contributed by atoms with E-state index in [0.29, 0.717) is 30.2 Å². The molecule has 0 spiro atoms. The molecule has 0 atom stereocenters. The van der Waals surface area contributed by atoms with Gasteiger partial charge in [0.25, 0.3) is 0 Å². The van der Waals surface area contributed by atoms with Gasteiger partial charge in [0, 0.05) is 52.8 Å². The number of carbonyl (C=O) groups is 1. The minimum absolute atomic E-state index is 0.0514. The first-order valence-electron chi connectivity index (χ1n) is 12.3. The maximum absolute atomic E-state index is 12.4. The number of furan rings is 1. The first-order valence-corrected chi connectivity index (χ1v) is 12.3. The predicted molar refractivity (Wildman–Crippen MR) is 144 cm³/mol. The van der Waals surface area contributed by atoms with Gasteiger partial charge < -0.3 is 20.1 Å². The zero-order valence-electron chi connectivity index (χ0n) is 21.2. The minimum atomic E-state index is -0.106. The van der Waals surface area contributed by atoms with E-state index in [0.717, 1.165) is 44.5 Å². The molecule has 0 aliphatic carbocycles. The average Bonchev–Trinajstić information content (AvgIpc) is 3.57. The molecule has 0 saturated carbocycles. The molecular weight excluding hydrogens is 480 g/mol. The van der Waals surface area contributed by atoms with E-state index in [1.165, 1.54) is 0 Å². The standard InChI is InChI=1S/C28H26N8O2/c1-28(2,3)8-24(37)33-19-6-17(9-29-12-19)22-7-20-18(10-31-22)11-32-36-26(20)27-34-23-14-30-13-21(25(23)35-27)16-4-5-38-15-16/h4-7,9-10,12-15,32H,8,11H2,1-3H3,(H,33,37)(H,34,35). The highest BCUT2D eigenvalue weighted by Gasteiger charge is 2.22. The van der Waals surface area contributed by atoms with Gasteiger partial charge in [0.15, 0.2) is 5.82 Å². The van der Waals surface area contributed by atoms with Gasteiger partial charge in [-0.25, -0.2) is 4.98 Å². The van der Waals surface area contributed by atoms with Gasteiger partial charge in [-0.05, 0) is 23.6 Å². The third kappa shape index (κ3) is 4.63. The van der Waals surface area contributed by atoms with Gasteiger partial charge in [0.2, 0.25) is 5.91 Å². The Morgan fingerprint density at radius 1 is 1.05 bits per heavy atom. The molecular formula is C28H26N8O2. The molecule has 0 radical (unpaired) electrons. The number of H-pyrrole nitrogens is 1. The molecule has 1 aliphatic rings. The van der Waals surface area contributed by atoms with Crippen LogP contribution in [0.2, 0.25) is 0 Å². The molecule has 0 unspecified atom stereocenters. The van der Waals surface area contributed by atoms with Crippen LogP contribution in [0, 0.1) is 5.41 Å². The number of anilines is 1. The van der Waals surface area contributed by atoms with Crippen LogP contribution in [-0.4, -0.2) is 36.5 Å². The summed E-state index contributed by atoms with van der Waals surface area (Å²) in [6.45, 7) is 6.64. The zero-order valence-corrected chi connectivity index (χ0v) is 21.2. The van der Waals surface area contributed by atoms with Crippen LogP contribution in [0.1, 0.15) is 44.1 Å². The summed E-state index contributed by atoms with van der Waals surface area (Å²) in [6.07, 6.45) is 12.4. The lowest BCUT2D eigenvalue weighted by atomic mass is 9.92. The SMILES string of the molecule is CC(C)(C)CC(=O)Nc1cncc(-c2cc3c(cn2)CNN=C3c2nc3c(-c4ccoc4)cncc3[nH]2)c1. The number of carbonyl (C=O) groups excluding carboxylic acids is 1. The summed E-state index contributed by atoms with van der Waals surface area (Å²) in [5, 5.41) is 7.53. The van der Waals surface area contributed by atoms with E-state index in [1.54, 1.807) is 37.3 Å². The van der Waals surface area contributed by atoms with Crippen LogP contribution in [0.15, 0.2) is 71.2 Å². The molecule has 6 heterocycles. The zero-order chi connectivity index (χ0) is 26.3. The second-order valence-electron chi connectivity index (χ2n) is 10.5. The number of hydrogen-bond donors (Lipinski definition) is 3. The number of hydrazone groups is 1. The molecule has 0 aromatic carbocycles.